The number of fused-ring (bicyclic) bond motifs is 1. The Hall–Kier alpha value is -2.18. The number of aromatic nitrogens is 2. The van der Waals surface area contributed by atoms with Crippen LogP contribution < -0.4 is 10.9 Å². The zero-order chi connectivity index (χ0) is 18.1. The number of nitrogens with one attached hydrogen (secondary N) is 1. The summed E-state index contributed by atoms with van der Waals surface area (Å²) in [6, 6.07) is 7.37. The maximum absolute atomic E-state index is 12.9. The number of carbonyl (C=O) groups excluding carboxylic acids is 1. The van der Waals surface area contributed by atoms with Crippen LogP contribution in [0.2, 0.25) is 5.02 Å². The van der Waals surface area contributed by atoms with Gasteiger partial charge in [0.15, 0.2) is 0 Å². The lowest BCUT2D eigenvalue weighted by Crippen LogP contribution is -2.30. The molecule has 0 saturated carbocycles. The third-order valence-electron chi connectivity index (χ3n) is 3.81. The lowest BCUT2D eigenvalue weighted by Gasteiger charge is -2.07. The topological polar surface area (TPSA) is 64.0 Å². The molecular formula is C18H18ClN3O2S. The minimum absolute atomic E-state index is 0.0339. The van der Waals surface area contributed by atoms with Gasteiger partial charge >= 0.3 is 0 Å². The molecule has 0 atom stereocenters. The molecule has 5 nitrogen and oxygen atoms in total. The van der Waals surface area contributed by atoms with Crippen molar-refractivity contribution in [1.82, 2.24) is 14.9 Å². The van der Waals surface area contributed by atoms with Crippen molar-refractivity contribution in [1.29, 1.82) is 0 Å². The molecule has 1 amide bonds. The molecule has 0 unspecified atom stereocenters. The van der Waals surface area contributed by atoms with Crippen LogP contribution in [0.1, 0.15) is 34.6 Å². The van der Waals surface area contributed by atoms with Gasteiger partial charge in [0.05, 0.1) is 23.1 Å². The van der Waals surface area contributed by atoms with E-state index in [1.807, 2.05) is 26.0 Å². The molecule has 0 fully saturated rings. The molecule has 0 saturated heterocycles. The summed E-state index contributed by atoms with van der Waals surface area (Å²) in [5.74, 6) is -0.167. The van der Waals surface area contributed by atoms with Crippen molar-refractivity contribution in [2.75, 3.05) is 0 Å². The minimum Gasteiger partial charge on any atom is -0.349 e. The second kappa shape index (κ2) is 6.98. The zero-order valence-electron chi connectivity index (χ0n) is 14.2. The third-order valence-corrected chi connectivity index (χ3v) is 5.26. The lowest BCUT2D eigenvalue weighted by atomic mass is 10.2. The van der Waals surface area contributed by atoms with Crippen LogP contribution in [-0.4, -0.2) is 21.5 Å². The summed E-state index contributed by atoms with van der Waals surface area (Å²) >= 11 is 7.15. The molecule has 7 heteroatoms. The number of nitrogens with zero attached hydrogens (tertiary/aromatic N) is 2. The molecule has 0 aliphatic carbocycles. The smallest absolute Gasteiger partial charge is 0.262 e. The van der Waals surface area contributed by atoms with Gasteiger partial charge in [-0.05, 0) is 44.0 Å². The summed E-state index contributed by atoms with van der Waals surface area (Å²) in [5.41, 5.74) is 1.50. The normalized spacial score (nSPS) is 11.2. The standard InChI is InChI=1S/C18H18ClN3O2S/c1-10(2)21-16(23)15-11(3)14-17(25-15)20-9-22(18(14)24)8-12-4-6-13(19)7-5-12/h4-7,9-10H,8H2,1-3H3,(H,21,23). The summed E-state index contributed by atoms with van der Waals surface area (Å²) in [4.78, 5) is 30.7. The van der Waals surface area contributed by atoms with Crippen LogP contribution in [0.4, 0.5) is 0 Å². The number of rotatable bonds is 4. The van der Waals surface area contributed by atoms with Gasteiger partial charge in [0, 0.05) is 11.1 Å². The van der Waals surface area contributed by atoms with Gasteiger partial charge in [-0.15, -0.1) is 11.3 Å². The summed E-state index contributed by atoms with van der Waals surface area (Å²) < 4.78 is 1.55. The Labute approximate surface area is 154 Å². The van der Waals surface area contributed by atoms with Crippen molar-refractivity contribution < 1.29 is 4.79 Å². The van der Waals surface area contributed by atoms with E-state index in [2.05, 4.69) is 10.3 Å². The molecule has 3 aromatic rings. The first-order valence-electron chi connectivity index (χ1n) is 7.90. The molecule has 1 aromatic carbocycles. The fourth-order valence-corrected chi connectivity index (χ4v) is 3.77. The molecule has 0 aliphatic heterocycles. The highest BCUT2D eigenvalue weighted by atomic mass is 35.5. The maximum atomic E-state index is 12.9. The molecule has 0 radical (unpaired) electrons. The Morgan fingerprint density at radius 2 is 2.00 bits per heavy atom. The van der Waals surface area contributed by atoms with Crippen LogP contribution in [0, 0.1) is 6.92 Å². The molecule has 0 aliphatic rings. The van der Waals surface area contributed by atoms with Crippen molar-refractivity contribution in [3.8, 4) is 0 Å². The predicted octanol–water partition coefficient (Wildman–Crippen LogP) is 3.61. The second-order valence-corrected chi connectivity index (χ2v) is 7.60. The van der Waals surface area contributed by atoms with Crippen LogP contribution in [0.3, 0.4) is 0 Å². The third kappa shape index (κ3) is 3.60. The maximum Gasteiger partial charge on any atom is 0.262 e. The number of amides is 1. The summed E-state index contributed by atoms with van der Waals surface area (Å²) in [7, 11) is 0. The average Bonchev–Trinajstić information content (AvgIpc) is 2.89. The Bertz CT molecular complexity index is 990. The van der Waals surface area contributed by atoms with Gasteiger partial charge in [-0.25, -0.2) is 4.98 Å². The largest absolute Gasteiger partial charge is 0.349 e. The number of thiophene rings is 1. The molecule has 2 aromatic heterocycles. The Morgan fingerprint density at radius 1 is 1.32 bits per heavy atom. The first-order chi connectivity index (χ1) is 11.9. The summed E-state index contributed by atoms with van der Waals surface area (Å²) in [6.45, 7) is 6.00. The van der Waals surface area contributed by atoms with E-state index in [1.165, 1.54) is 17.7 Å². The van der Waals surface area contributed by atoms with Crippen molar-refractivity contribution in [2.24, 2.45) is 0 Å². The second-order valence-electron chi connectivity index (χ2n) is 6.17. The molecule has 0 spiro atoms. The number of aryl methyl sites for hydroxylation is 1. The summed E-state index contributed by atoms with van der Waals surface area (Å²) in [6.07, 6.45) is 1.53. The molecule has 1 N–H and O–H groups in total. The number of benzene rings is 1. The average molecular weight is 376 g/mol. The van der Waals surface area contributed by atoms with E-state index in [9.17, 15) is 9.59 Å². The highest BCUT2D eigenvalue weighted by Crippen LogP contribution is 2.26. The van der Waals surface area contributed by atoms with E-state index < -0.39 is 0 Å². The number of hydrogen-bond donors (Lipinski definition) is 1. The molecule has 25 heavy (non-hydrogen) atoms. The Balaban J connectivity index is 2.02. The lowest BCUT2D eigenvalue weighted by molar-refractivity contribution is 0.0947. The van der Waals surface area contributed by atoms with Crippen molar-refractivity contribution in [3.05, 3.63) is 62.0 Å². The van der Waals surface area contributed by atoms with Gasteiger partial charge in [-0.1, -0.05) is 23.7 Å². The molecule has 0 bridgehead atoms. The minimum atomic E-state index is -0.167. The van der Waals surface area contributed by atoms with Gasteiger partial charge < -0.3 is 5.32 Å². The monoisotopic (exact) mass is 375 g/mol. The Morgan fingerprint density at radius 3 is 2.64 bits per heavy atom. The van der Waals surface area contributed by atoms with E-state index in [1.54, 1.807) is 23.6 Å². The zero-order valence-corrected chi connectivity index (χ0v) is 15.7. The van der Waals surface area contributed by atoms with Crippen molar-refractivity contribution in [3.63, 3.8) is 0 Å². The van der Waals surface area contributed by atoms with Crippen molar-refractivity contribution >= 4 is 39.1 Å². The van der Waals surface area contributed by atoms with E-state index in [-0.39, 0.29) is 17.5 Å². The molecule has 2 heterocycles. The quantitative estimate of drug-likeness (QED) is 0.757. The fourth-order valence-electron chi connectivity index (χ4n) is 2.60. The summed E-state index contributed by atoms with van der Waals surface area (Å²) in [5, 5.41) is 4.02. The SMILES string of the molecule is Cc1c(C(=O)NC(C)C)sc2ncn(Cc3ccc(Cl)cc3)c(=O)c12. The van der Waals surface area contributed by atoms with Crippen molar-refractivity contribution in [2.45, 2.75) is 33.4 Å². The van der Waals surface area contributed by atoms with Crippen LogP contribution in [-0.2, 0) is 6.54 Å². The van der Waals surface area contributed by atoms with Crippen LogP contribution in [0.5, 0.6) is 0 Å². The van der Waals surface area contributed by atoms with E-state index in [0.29, 0.717) is 32.2 Å². The fraction of sp³-hybridized carbons (Fsp3) is 0.278. The number of halogens is 1. The Kier molecular flexibility index (Phi) is 4.92. The van der Waals surface area contributed by atoms with Crippen LogP contribution >= 0.6 is 22.9 Å². The van der Waals surface area contributed by atoms with E-state index in [4.69, 9.17) is 11.6 Å². The first-order valence-corrected chi connectivity index (χ1v) is 9.10. The van der Waals surface area contributed by atoms with Crippen LogP contribution in [0.25, 0.3) is 10.2 Å². The van der Waals surface area contributed by atoms with Gasteiger partial charge in [-0.3, -0.25) is 14.2 Å². The number of hydrogen-bond acceptors (Lipinski definition) is 4. The highest BCUT2D eigenvalue weighted by molar-refractivity contribution is 7.20. The predicted molar refractivity (Wildman–Crippen MR) is 102 cm³/mol. The van der Waals surface area contributed by atoms with Crippen LogP contribution in [0.15, 0.2) is 35.4 Å². The first kappa shape index (κ1) is 17.6. The van der Waals surface area contributed by atoms with Gasteiger partial charge in [0.1, 0.15) is 4.83 Å². The van der Waals surface area contributed by atoms with Gasteiger partial charge in [0.25, 0.3) is 11.5 Å². The van der Waals surface area contributed by atoms with E-state index >= 15 is 0 Å². The highest BCUT2D eigenvalue weighted by Gasteiger charge is 2.19. The molecular weight excluding hydrogens is 358 g/mol. The van der Waals surface area contributed by atoms with Gasteiger partial charge in [0.2, 0.25) is 0 Å². The molecule has 130 valence electrons. The number of carbonyl (C=O) groups is 1. The van der Waals surface area contributed by atoms with Gasteiger partial charge in [-0.2, -0.15) is 0 Å². The molecule has 3 rings (SSSR count). The van der Waals surface area contributed by atoms with E-state index in [0.717, 1.165) is 5.56 Å².